The quantitative estimate of drug-likeness (QED) is 0.278. The number of allylic oxidation sites excluding steroid dienone is 1. The van der Waals surface area contributed by atoms with Crippen LogP contribution in [-0.2, 0) is 20.9 Å². The molecular weight excluding hydrogens is 657 g/mol. The van der Waals surface area contributed by atoms with Crippen LogP contribution in [0.1, 0.15) is 44.1 Å². The molecule has 1 unspecified atom stereocenters. The number of aliphatic carboxylic acids is 1. The summed E-state index contributed by atoms with van der Waals surface area (Å²) >= 11 is 12.7. The predicted octanol–water partition coefficient (Wildman–Crippen LogP) is 4.88. The molecule has 1 atom stereocenters. The van der Waals surface area contributed by atoms with E-state index in [9.17, 15) is 4.79 Å². The molecule has 262 valence electrons. The highest BCUT2D eigenvalue weighted by Crippen LogP contribution is 2.30. The molecule has 48 heavy (non-hydrogen) atoms. The van der Waals surface area contributed by atoms with E-state index >= 15 is 0 Å². The Bertz CT molecular complexity index is 1380. The largest absolute Gasteiger partial charge is 0.481 e. The molecule has 3 heterocycles. The molecule has 1 aromatic carbocycles. The van der Waals surface area contributed by atoms with E-state index < -0.39 is 5.97 Å². The van der Waals surface area contributed by atoms with Gasteiger partial charge in [0, 0.05) is 67.3 Å². The first-order valence-electron chi connectivity index (χ1n) is 16.1. The number of nitrogens with zero attached hydrogens (tertiary/aromatic N) is 5. The number of carboxylic acid groups (broad SMARTS) is 1. The van der Waals surface area contributed by atoms with E-state index in [-0.39, 0.29) is 18.9 Å². The topological polar surface area (TPSA) is 155 Å². The van der Waals surface area contributed by atoms with Gasteiger partial charge in [0.1, 0.15) is 0 Å². The summed E-state index contributed by atoms with van der Waals surface area (Å²) < 4.78 is 11.7. The monoisotopic (exact) mass is 703 g/mol. The molecule has 2 aliphatic rings. The van der Waals surface area contributed by atoms with Gasteiger partial charge in [-0.25, -0.2) is 4.98 Å². The maximum Gasteiger partial charge on any atom is 0.304 e. The second-order valence-corrected chi connectivity index (χ2v) is 12.7. The molecule has 0 aliphatic carbocycles. The van der Waals surface area contributed by atoms with Crippen LogP contribution in [0.2, 0.25) is 10.0 Å². The van der Waals surface area contributed by atoms with E-state index in [0.29, 0.717) is 47.2 Å². The molecule has 2 aliphatic heterocycles. The number of carbonyl (C=O) groups is 2. The van der Waals surface area contributed by atoms with Crippen LogP contribution in [0.4, 0.5) is 0 Å². The standard InChI is InChI=1S/C33H44Cl2N6O4.CH3NO/c1-40(10-8-33(42)43)29-5-3-4-9-36-19-30(20-38-23-37-18-29)45-32-14-25(21-41-11-6-24(7-12-41)22-44-2)13-31(39-32)26-15-27(34)17-28(35)16-26;2-1-3/h13-17,19-20,23-24,29H,3-12,18,21-22H2,1-2H3,(H,37,38)(H,42,43);1H,(H2,2,3)/b30-20+,36-19?;. The smallest absolute Gasteiger partial charge is 0.304 e. The average Bonchev–Trinajstić information content (AvgIpc) is 3.06. The van der Waals surface area contributed by atoms with Crippen LogP contribution >= 0.6 is 23.2 Å². The number of aliphatic imine (C=N–C) groups is 2. The molecule has 0 spiro atoms. The first-order chi connectivity index (χ1) is 23.2. The zero-order chi connectivity index (χ0) is 34.7. The number of nitrogens with one attached hydrogen (secondary N) is 1. The van der Waals surface area contributed by atoms with Gasteiger partial charge < -0.3 is 30.5 Å². The Balaban J connectivity index is 0.00000201. The van der Waals surface area contributed by atoms with Crippen LogP contribution in [0.25, 0.3) is 11.3 Å². The van der Waals surface area contributed by atoms with Gasteiger partial charge in [0.2, 0.25) is 12.3 Å². The van der Waals surface area contributed by atoms with Gasteiger partial charge in [-0.1, -0.05) is 23.2 Å². The maximum atomic E-state index is 11.0. The lowest BCUT2D eigenvalue weighted by Crippen LogP contribution is -2.36. The molecule has 1 saturated heterocycles. The fourth-order valence-electron chi connectivity index (χ4n) is 5.56. The van der Waals surface area contributed by atoms with Gasteiger partial charge in [-0.3, -0.25) is 24.5 Å². The summed E-state index contributed by atoms with van der Waals surface area (Å²) in [5.74, 6) is 0.738. The molecule has 14 heteroatoms. The molecule has 1 aromatic heterocycles. The summed E-state index contributed by atoms with van der Waals surface area (Å²) in [6, 6.07) is 9.60. The summed E-state index contributed by atoms with van der Waals surface area (Å²) in [5, 5.41) is 13.2. The lowest BCUT2D eigenvalue weighted by molar-refractivity contribution is -0.137. The van der Waals surface area contributed by atoms with E-state index in [1.165, 1.54) is 0 Å². The molecule has 12 nitrogen and oxygen atoms in total. The van der Waals surface area contributed by atoms with Gasteiger partial charge in [-0.2, -0.15) is 0 Å². The van der Waals surface area contributed by atoms with Crippen LogP contribution < -0.4 is 15.8 Å². The molecule has 0 bridgehead atoms. The third-order valence-electron chi connectivity index (χ3n) is 8.06. The second-order valence-electron chi connectivity index (χ2n) is 11.8. The SMILES string of the molecule is COCC1CCN(Cc2cc(O/C3=C/NC=NCC(N(C)CCC(=O)O)CCCCN=C3)nc(-c3cc(Cl)cc(Cl)c3)c2)CC1.NC=O. The van der Waals surface area contributed by atoms with Crippen LogP contribution in [0.15, 0.2) is 52.3 Å². The number of halogens is 2. The van der Waals surface area contributed by atoms with Crippen LogP contribution in [0.3, 0.4) is 0 Å². The molecule has 0 saturated carbocycles. The minimum atomic E-state index is -0.797. The molecule has 0 radical (unpaired) electrons. The number of likely N-dealkylation sites (tertiary alicyclic amines) is 1. The summed E-state index contributed by atoms with van der Waals surface area (Å²) in [6.07, 6.45) is 10.4. The number of aromatic nitrogens is 1. The number of likely N-dealkylation sites (N-methyl/N-ethyl adjacent to an activating group) is 1. The third kappa shape index (κ3) is 14.3. The predicted molar refractivity (Wildman–Crippen MR) is 191 cm³/mol. The molecule has 1 amide bonds. The number of carboxylic acids is 1. The Hall–Kier alpha value is -3.55. The molecule has 4 rings (SSSR count). The minimum Gasteiger partial charge on any atom is -0.481 e. The first kappa shape index (κ1) is 38.9. The number of rotatable bonds is 11. The summed E-state index contributed by atoms with van der Waals surface area (Å²) in [6.45, 7) is 5.27. The van der Waals surface area contributed by atoms with Crippen molar-refractivity contribution in [3.63, 3.8) is 0 Å². The van der Waals surface area contributed by atoms with Gasteiger partial charge >= 0.3 is 5.97 Å². The fraction of sp³-hybridized carbons (Fsp3) is 0.500. The van der Waals surface area contributed by atoms with Gasteiger partial charge in [0.25, 0.3) is 0 Å². The zero-order valence-electron chi connectivity index (χ0n) is 27.7. The lowest BCUT2D eigenvalue weighted by atomic mass is 9.97. The highest BCUT2D eigenvalue weighted by molar-refractivity contribution is 6.35. The molecule has 2 aromatic rings. The zero-order valence-corrected chi connectivity index (χ0v) is 29.2. The van der Waals surface area contributed by atoms with E-state index in [1.54, 1.807) is 31.9 Å². The molecular formula is C34H47Cl2N7O5. The number of piperidine rings is 1. The van der Waals surface area contributed by atoms with E-state index in [2.05, 4.69) is 36.9 Å². The van der Waals surface area contributed by atoms with E-state index in [4.69, 9.17) is 47.6 Å². The number of carbonyl (C=O) groups excluding carboxylic acids is 1. The van der Waals surface area contributed by atoms with Crippen molar-refractivity contribution in [3.05, 3.63) is 57.9 Å². The van der Waals surface area contributed by atoms with Crippen molar-refractivity contribution >= 4 is 48.1 Å². The maximum absolute atomic E-state index is 11.0. The number of pyridine rings is 1. The number of hydrogen-bond acceptors (Lipinski definition) is 10. The summed E-state index contributed by atoms with van der Waals surface area (Å²) in [4.78, 5) is 38.1. The number of primary amides is 1. The molecule has 1 fully saturated rings. The van der Waals surface area contributed by atoms with Crippen molar-refractivity contribution < 1.29 is 24.2 Å². The van der Waals surface area contributed by atoms with Crippen molar-refractivity contribution in [2.75, 3.05) is 53.5 Å². The van der Waals surface area contributed by atoms with E-state index in [1.807, 2.05) is 25.2 Å². The van der Waals surface area contributed by atoms with E-state index in [0.717, 1.165) is 75.2 Å². The Morgan fingerprint density at radius 1 is 1.12 bits per heavy atom. The Morgan fingerprint density at radius 3 is 2.54 bits per heavy atom. The van der Waals surface area contributed by atoms with Gasteiger partial charge in [-0.05, 0) is 88.0 Å². The highest BCUT2D eigenvalue weighted by Gasteiger charge is 2.20. The first-order valence-corrected chi connectivity index (χ1v) is 16.8. The van der Waals surface area contributed by atoms with Gasteiger partial charge in [-0.15, -0.1) is 0 Å². The van der Waals surface area contributed by atoms with Crippen molar-refractivity contribution in [3.8, 4) is 17.1 Å². The average molecular weight is 705 g/mol. The Labute approximate surface area is 293 Å². The summed E-state index contributed by atoms with van der Waals surface area (Å²) in [7, 11) is 3.72. The van der Waals surface area contributed by atoms with Crippen molar-refractivity contribution in [1.29, 1.82) is 0 Å². The number of ether oxygens (including phenoxy) is 2. The van der Waals surface area contributed by atoms with Gasteiger partial charge in [0.05, 0.1) is 31.2 Å². The normalized spacial score (nSPS) is 19.0. The highest BCUT2D eigenvalue weighted by atomic mass is 35.5. The number of hydrogen-bond donors (Lipinski definition) is 3. The fourth-order valence-corrected chi connectivity index (χ4v) is 6.09. The van der Waals surface area contributed by atoms with Crippen LogP contribution in [-0.4, -0.2) is 104 Å². The van der Waals surface area contributed by atoms with Crippen LogP contribution in [0.5, 0.6) is 5.88 Å². The van der Waals surface area contributed by atoms with Gasteiger partial charge in [0.15, 0.2) is 5.76 Å². The minimum absolute atomic E-state index is 0.108. The second kappa shape index (κ2) is 21.4. The van der Waals surface area contributed by atoms with Crippen molar-refractivity contribution in [2.24, 2.45) is 21.6 Å². The van der Waals surface area contributed by atoms with Crippen molar-refractivity contribution in [2.45, 2.75) is 51.1 Å². The molecule has 4 N–H and O–H groups in total. The third-order valence-corrected chi connectivity index (χ3v) is 8.50. The summed E-state index contributed by atoms with van der Waals surface area (Å²) in [5.41, 5.74) is 6.77. The van der Waals surface area contributed by atoms with Crippen molar-refractivity contribution in [1.82, 2.24) is 20.1 Å². The number of methoxy groups -OCH3 is 1. The number of amides is 1. The Morgan fingerprint density at radius 2 is 1.85 bits per heavy atom. The lowest BCUT2D eigenvalue weighted by Gasteiger charge is -2.31. The Kier molecular flexibility index (Phi) is 17.4. The number of benzene rings is 1. The van der Waals surface area contributed by atoms with Crippen LogP contribution in [0, 0.1) is 5.92 Å². The number of nitrogens with two attached hydrogens (primary N) is 1.